The normalized spacial score (nSPS) is 10.6. The van der Waals surface area contributed by atoms with Crippen LogP contribution in [0.15, 0.2) is 47.8 Å². The summed E-state index contributed by atoms with van der Waals surface area (Å²) < 4.78 is 13.4. The zero-order valence-corrected chi connectivity index (χ0v) is 17.6. The van der Waals surface area contributed by atoms with Gasteiger partial charge in [0.25, 0.3) is 0 Å². The predicted octanol–water partition coefficient (Wildman–Crippen LogP) is 4.90. The van der Waals surface area contributed by atoms with Crippen molar-refractivity contribution in [3.63, 3.8) is 0 Å². The van der Waals surface area contributed by atoms with Gasteiger partial charge in [-0.05, 0) is 24.3 Å². The molecule has 2 aromatic carbocycles. The van der Waals surface area contributed by atoms with Crippen molar-refractivity contribution in [3.8, 4) is 10.6 Å². The molecule has 1 N–H and O–H groups in total. The number of aromatic nitrogens is 1. The fourth-order valence-corrected chi connectivity index (χ4v) is 3.84. The van der Waals surface area contributed by atoms with Crippen LogP contribution in [0.4, 0.5) is 10.1 Å². The summed E-state index contributed by atoms with van der Waals surface area (Å²) in [6.45, 7) is -0.165. The van der Waals surface area contributed by atoms with Gasteiger partial charge in [0.15, 0.2) is 0 Å². The standard InChI is InChI=1S/C20H16Cl2FN3O2S/c1-26(10-17(27)25-19-15(21)6-3-7-16(19)22)18(28)9-14-11-29-20(24-14)12-4-2-5-13(23)8-12/h2-8,11H,9-10H2,1H3,(H,25,27). The Bertz CT molecular complexity index is 1040. The third-order valence-electron chi connectivity index (χ3n) is 3.99. The topological polar surface area (TPSA) is 62.3 Å². The average Bonchev–Trinajstić information content (AvgIpc) is 3.13. The molecule has 0 aliphatic rings. The Kier molecular flexibility index (Phi) is 6.84. The lowest BCUT2D eigenvalue weighted by Gasteiger charge is -2.17. The van der Waals surface area contributed by atoms with Crippen LogP contribution in [0.5, 0.6) is 0 Å². The molecule has 29 heavy (non-hydrogen) atoms. The fourth-order valence-electron chi connectivity index (χ4n) is 2.53. The van der Waals surface area contributed by atoms with Crippen molar-refractivity contribution in [1.82, 2.24) is 9.88 Å². The van der Waals surface area contributed by atoms with Gasteiger partial charge < -0.3 is 10.2 Å². The van der Waals surface area contributed by atoms with E-state index in [1.807, 2.05) is 0 Å². The van der Waals surface area contributed by atoms with Gasteiger partial charge in [-0.1, -0.05) is 41.4 Å². The third-order valence-corrected chi connectivity index (χ3v) is 5.56. The van der Waals surface area contributed by atoms with E-state index in [-0.39, 0.29) is 24.7 Å². The van der Waals surface area contributed by atoms with Gasteiger partial charge in [0.05, 0.1) is 34.4 Å². The maximum atomic E-state index is 13.4. The molecular formula is C20H16Cl2FN3O2S. The number of nitrogens with zero attached hydrogens (tertiary/aromatic N) is 2. The number of hydrogen-bond donors (Lipinski definition) is 1. The Labute approximate surface area is 181 Å². The Morgan fingerprint density at radius 3 is 2.55 bits per heavy atom. The molecule has 0 fully saturated rings. The highest BCUT2D eigenvalue weighted by Crippen LogP contribution is 2.29. The Hall–Kier alpha value is -2.48. The van der Waals surface area contributed by atoms with E-state index in [9.17, 15) is 14.0 Å². The largest absolute Gasteiger partial charge is 0.336 e. The predicted molar refractivity (Wildman–Crippen MR) is 114 cm³/mol. The van der Waals surface area contributed by atoms with Crippen LogP contribution < -0.4 is 5.32 Å². The van der Waals surface area contributed by atoms with Crippen LogP contribution in [0.2, 0.25) is 10.0 Å². The van der Waals surface area contributed by atoms with Gasteiger partial charge in [0.2, 0.25) is 11.8 Å². The molecule has 0 bridgehead atoms. The fraction of sp³-hybridized carbons (Fsp3) is 0.150. The molecular weight excluding hydrogens is 436 g/mol. The summed E-state index contributed by atoms with van der Waals surface area (Å²) in [4.78, 5) is 30.3. The van der Waals surface area contributed by atoms with Gasteiger partial charge in [0.1, 0.15) is 10.8 Å². The molecule has 1 heterocycles. The smallest absolute Gasteiger partial charge is 0.244 e. The minimum Gasteiger partial charge on any atom is -0.336 e. The summed E-state index contributed by atoms with van der Waals surface area (Å²) in [5, 5.41) is 5.61. The number of amides is 2. The van der Waals surface area contributed by atoms with Crippen LogP contribution in [-0.2, 0) is 16.0 Å². The van der Waals surface area contributed by atoms with Crippen LogP contribution in [0, 0.1) is 5.82 Å². The maximum Gasteiger partial charge on any atom is 0.244 e. The quantitative estimate of drug-likeness (QED) is 0.579. The number of rotatable bonds is 6. The number of hydrogen-bond acceptors (Lipinski definition) is 4. The van der Waals surface area contributed by atoms with Gasteiger partial charge in [-0.15, -0.1) is 11.3 Å². The number of nitrogens with one attached hydrogen (secondary N) is 1. The summed E-state index contributed by atoms with van der Waals surface area (Å²) in [7, 11) is 1.52. The Morgan fingerprint density at radius 2 is 1.86 bits per heavy atom. The third kappa shape index (κ3) is 5.53. The summed E-state index contributed by atoms with van der Waals surface area (Å²) in [5.41, 5.74) is 1.51. The van der Waals surface area contributed by atoms with Crippen LogP contribution in [0.1, 0.15) is 5.69 Å². The minimum atomic E-state index is -0.422. The molecule has 0 radical (unpaired) electrons. The number of carbonyl (C=O) groups excluding carboxylic acids is 2. The van der Waals surface area contributed by atoms with Crippen molar-refractivity contribution in [3.05, 3.63) is 69.4 Å². The second-order valence-corrected chi connectivity index (χ2v) is 7.90. The van der Waals surface area contributed by atoms with Gasteiger partial charge in [0, 0.05) is 18.0 Å². The summed E-state index contributed by atoms with van der Waals surface area (Å²) >= 11 is 13.4. The molecule has 150 valence electrons. The van der Waals surface area contributed by atoms with Crippen LogP contribution in [0.25, 0.3) is 10.6 Å². The molecule has 5 nitrogen and oxygen atoms in total. The highest BCUT2D eigenvalue weighted by Gasteiger charge is 2.17. The SMILES string of the molecule is CN(CC(=O)Nc1c(Cl)cccc1Cl)C(=O)Cc1csc(-c2cccc(F)c2)n1. The monoisotopic (exact) mass is 451 g/mol. The molecule has 0 spiro atoms. The van der Waals surface area contributed by atoms with Crippen LogP contribution in [-0.4, -0.2) is 35.3 Å². The zero-order chi connectivity index (χ0) is 21.0. The first kappa shape index (κ1) is 21.2. The van der Waals surface area contributed by atoms with Crippen molar-refractivity contribution in [2.24, 2.45) is 0 Å². The molecule has 2 amide bonds. The minimum absolute atomic E-state index is 0.0302. The molecule has 3 aromatic rings. The van der Waals surface area contributed by atoms with E-state index in [1.54, 1.807) is 35.7 Å². The number of para-hydroxylation sites is 1. The Morgan fingerprint density at radius 1 is 1.17 bits per heavy atom. The molecule has 3 rings (SSSR count). The van der Waals surface area contributed by atoms with Crippen molar-refractivity contribution in [2.45, 2.75) is 6.42 Å². The summed E-state index contributed by atoms with van der Waals surface area (Å²) in [6, 6.07) is 11.0. The first-order chi connectivity index (χ1) is 13.8. The molecule has 0 aliphatic carbocycles. The zero-order valence-electron chi connectivity index (χ0n) is 15.3. The van der Waals surface area contributed by atoms with E-state index in [0.717, 1.165) is 0 Å². The number of halogens is 3. The lowest BCUT2D eigenvalue weighted by atomic mass is 10.2. The highest BCUT2D eigenvalue weighted by molar-refractivity contribution is 7.13. The Balaban J connectivity index is 1.59. The summed E-state index contributed by atoms with van der Waals surface area (Å²) in [6.07, 6.45) is 0.0302. The van der Waals surface area contributed by atoms with E-state index in [4.69, 9.17) is 23.2 Å². The first-order valence-corrected chi connectivity index (χ1v) is 10.1. The van der Waals surface area contributed by atoms with Crippen molar-refractivity contribution in [2.75, 3.05) is 18.9 Å². The average molecular weight is 452 g/mol. The number of benzene rings is 2. The van der Waals surface area contributed by atoms with E-state index < -0.39 is 5.91 Å². The molecule has 0 unspecified atom stereocenters. The molecule has 9 heteroatoms. The van der Waals surface area contributed by atoms with Crippen molar-refractivity contribution < 1.29 is 14.0 Å². The highest BCUT2D eigenvalue weighted by atomic mass is 35.5. The number of likely N-dealkylation sites (N-methyl/N-ethyl adjacent to an activating group) is 1. The van der Waals surface area contributed by atoms with E-state index >= 15 is 0 Å². The molecule has 0 saturated heterocycles. The van der Waals surface area contributed by atoms with Gasteiger partial charge in [-0.25, -0.2) is 9.37 Å². The molecule has 0 saturated carbocycles. The second kappa shape index (κ2) is 9.35. The first-order valence-electron chi connectivity index (χ1n) is 8.51. The molecule has 0 aliphatic heterocycles. The second-order valence-electron chi connectivity index (χ2n) is 6.23. The van der Waals surface area contributed by atoms with Crippen LogP contribution in [0.3, 0.4) is 0 Å². The van der Waals surface area contributed by atoms with Crippen molar-refractivity contribution >= 4 is 52.0 Å². The van der Waals surface area contributed by atoms with Gasteiger partial charge in [-0.2, -0.15) is 0 Å². The van der Waals surface area contributed by atoms with E-state index in [1.165, 1.54) is 35.4 Å². The lowest BCUT2D eigenvalue weighted by molar-refractivity contribution is -0.132. The summed E-state index contributed by atoms with van der Waals surface area (Å²) in [5.74, 6) is -1.05. The molecule has 1 aromatic heterocycles. The van der Waals surface area contributed by atoms with Crippen molar-refractivity contribution in [1.29, 1.82) is 0 Å². The number of anilines is 1. The molecule has 0 atom stereocenters. The van der Waals surface area contributed by atoms with Crippen LogP contribution >= 0.6 is 34.5 Å². The lowest BCUT2D eigenvalue weighted by Crippen LogP contribution is -2.36. The van der Waals surface area contributed by atoms with Gasteiger partial charge in [-0.3, -0.25) is 9.59 Å². The number of carbonyl (C=O) groups is 2. The van der Waals surface area contributed by atoms with E-state index in [2.05, 4.69) is 10.3 Å². The van der Waals surface area contributed by atoms with E-state index in [0.29, 0.717) is 32.0 Å². The van der Waals surface area contributed by atoms with Gasteiger partial charge >= 0.3 is 0 Å². The maximum absolute atomic E-state index is 13.4. The number of thiazole rings is 1.